The van der Waals surface area contributed by atoms with Gasteiger partial charge in [-0.1, -0.05) is 12.1 Å². The van der Waals surface area contributed by atoms with Crippen LogP contribution in [0.25, 0.3) is 11.4 Å². The number of nitrogens with one attached hydrogen (secondary N) is 1. The first-order chi connectivity index (χ1) is 14.2. The molecule has 0 unspecified atom stereocenters. The average Bonchev–Trinajstić information content (AvgIpc) is 3.19. The lowest BCUT2D eigenvalue weighted by atomic mass is 10.2. The molecule has 0 saturated heterocycles. The molecular weight excluding hydrogens is 368 g/mol. The third-order valence-electron chi connectivity index (χ3n) is 4.14. The van der Waals surface area contributed by atoms with Crippen molar-refractivity contribution in [2.45, 2.75) is 26.9 Å². The molecule has 8 nitrogen and oxygen atoms in total. The zero-order valence-electron chi connectivity index (χ0n) is 16.2. The highest BCUT2D eigenvalue weighted by Crippen LogP contribution is 2.22. The van der Waals surface area contributed by atoms with Crippen LogP contribution in [0.3, 0.4) is 0 Å². The van der Waals surface area contributed by atoms with Gasteiger partial charge in [-0.05, 0) is 42.8 Å². The number of benzene rings is 1. The van der Waals surface area contributed by atoms with E-state index in [-0.39, 0.29) is 6.61 Å². The minimum atomic E-state index is 0.255. The van der Waals surface area contributed by atoms with E-state index in [1.165, 1.54) is 0 Å². The van der Waals surface area contributed by atoms with Gasteiger partial charge in [-0.2, -0.15) is 4.98 Å². The molecule has 0 spiro atoms. The van der Waals surface area contributed by atoms with Crippen molar-refractivity contribution in [3.63, 3.8) is 0 Å². The first-order valence-corrected chi connectivity index (χ1v) is 9.27. The number of hydrogen-bond donors (Lipinski definition) is 1. The summed E-state index contributed by atoms with van der Waals surface area (Å²) in [6.45, 7) is 4.07. The predicted molar refractivity (Wildman–Crippen MR) is 108 cm³/mol. The SMILES string of the molecule is CCc1cc(Nc2ccc(OCc3noc(C)n3)cc2)nc(-c2ccncc2)n1. The van der Waals surface area contributed by atoms with Gasteiger partial charge < -0.3 is 14.6 Å². The summed E-state index contributed by atoms with van der Waals surface area (Å²) in [6, 6.07) is 13.4. The lowest BCUT2D eigenvalue weighted by molar-refractivity contribution is 0.286. The molecule has 0 aliphatic carbocycles. The van der Waals surface area contributed by atoms with Crippen LogP contribution in [0.2, 0.25) is 0 Å². The van der Waals surface area contributed by atoms with Crippen molar-refractivity contribution in [2.75, 3.05) is 5.32 Å². The third-order valence-corrected chi connectivity index (χ3v) is 4.14. The number of ether oxygens (including phenoxy) is 1. The lowest BCUT2D eigenvalue weighted by Crippen LogP contribution is -2.01. The maximum atomic E-state index is 5.68. The van der Waals surface area contributed by atoms with E-state index in [1.807, 2.05) is 42.5 Å². The molecule has 0 radical (unpaired) electrons. The van der Waals surface area contributed by atoms with Gasteiger partial charge in [0.05, 0.1) is 0 Å². The van der Waals surface area contributed by atoms with Crippen LogP contribution in [0, 0.1) is 6.92 Å². The fourth-order valence-electron chi connectivity index (χ4n) is 2.70. The molecule has 1 aromatic carbocycles. The Kier molecular flexibility index (Phi) is 5.42. The summed E-state index contributed by atoms with van der Waals surface area (Å²) < 4.78 is 10.6. The molecule has 0 atom stereocenters. The lowest BCUT2D eigenvalue weighted by Gasteiger charge is -2.10. The van der Waals surface area contributed by atoms with Crippen LogP contribution < -0.4 is 10.1 Å². The van der Waals surface area contributed by atoms with Gasteiger partial charge in [-0.3, -0.25) is 4.98 Å². The maximum Gasteiger partial charge on any atom is 0.223 e. The van der Waals surface area contributed by atoms with Crippen LogP contribution in [0.15, 0.2) is 59.4 Å². The van der Waals surface area contributed by atoms with Gasteiger partial charge >= 0.3 is 0 Å². The van der Waals surface area contributed by atoms with E-state index in [9.17, 15) is 0 Å². The number of anilines is 2. The highest BCUT2D eigenvalue weighted by molar-refractivity contribution is 5.62. The number of hydrogen-bond acceptors (Lipinski definition) is 8. The van der Waals surface area contributed by atoms with E-state index >= 15 is 0 Å². The van der Waals surface area contributed by atoms with E-state index in [2.05, 4.69) is 37.3 Å². The molecule has 3 heterocycles. The van der Waals surface area contributed by atoms with Crippen molar-refractivity contribution in [2.24, 2.45) is 0 Å². The second-order valence-electron chi connectivity index (χ2n) is 6.33. The Labute approximate surface area is 168 Å². The van der Waals surface area contributed by atoms with Crippen LogP contribution in [0.4, 0.5) is 11.5 Å². The molecular formula is C21H20N6O2. The number of nitrogens with zero attached hydrogens (tertiary/aromatic N) is 5. The molecule has 0 amide bonds. The van der Waals surface area contributed by atoms with E-state index in [0.717, 1.165) is 29.2 Å². The van der Waals surface area contributed by atoms with Crippen LogP contribution in [0.1, 0.15) is 24.3 Å². The van der Waals surface area contributed by atoms with Gasteiger partial charge in [0.15, 0.2) is 12.4 Å². The summed E-state index contributed by atoms with van der Waals surface area (Å²) in [5, 5.41) is 7.14. The Morgan fingerprint density at radius 2 is 1.79 bits per heavy atom. The monoisotopic (exact) mass is 388 g/mol. The number of aromatic nitrogens is 5. The Hall–Kier alpha value is -3.81. The van der Waals surface area contributed by atoms with Gasteiger partial charge in [0.1, 0.15) is 11.6 Å². The number of aryl methyl sites for hydroxylation is 2. The summed E-state index contributed by atoms with van der Waals surface area (Å²) in [5.41, 5.74) is 2.79. The zero-order chi connectivity index (χ0) is 20.1. The first-order valence-electron chi connectivity index (χ1n) is 9.27. The van der Waals surface area contributed by atoms with Gasteiger partial charge in [-0.25, -0.2) is 9.97 Å². The van der Waals surface area contributed by atoms with Crippen LogP contribution >= 0.6 is 0 Å². The standard InChI is InChI=1S/C21H20N6O2/c1-3-16-12-19(26-21(25-16)15-8-10-22-11-9-15)24-17-4-6-18(7-5-17)28-13-20-23-14(2)29-27-20/h4-12H,3,13H2,1-2H3,(H,24,25,26). The van der Waals surface area contributed by atoms with Crippen molar-refractivity contribution < 1.29 is 9.26 Å². The minimum absolute atomic E-state index is 0.255. The highest BCUT2D eigenvalue weighted by Gasteiger charge is 2.07. The van der Waals surface area contributed by atoms with Gasteiger partial charge in [0, 0.05) is 42.3 Å². The predicted octanol–water partition coefficient (Wildman–Crippen LogP) is 4.12. The highest BCUT2D eigenvalue weighted by atomic mass is 16.5. The Balaban J connectivity index is 1.47. The summed E-state index contributed by atoms with van der Waals surface area (Å²) in [7, 11) is 0. The summed E-state index contributed by atoms with van der Waals surface area (Å²) in [5.74, 6) is 3.16. The minimum Gasteiger partial charge on any atom is -0.485 e. The Morgan fingerprint density at radius 1 is 1.00 bits per heavy atom. The molecule has 0 aliphatic rings. The molecule has 0 fully saturated rings. The molecule has 4 rings (SSSR count). The van der Waals surface area contributed by atoms with Crippen LogP contribution in [-0.2, 0) is 13.0 Å². The van der Waals surface area contributed by atoms with Crippen molar-refractivity contribution in [3.05, 3.63) is 72.3 Å². The molecule has 0 saturated carbocycles. The summed E-state index contributed by atoms with van der Waals surface area (Å²) >= 11 is 0. The van der Waals surface area contributed by atoms with Gasteiger partial charge in [0.25, 0.3) is 0 Å². The van der Waals surface area contributed by atoms with E-state index in [4.69, 9.17) is 9.26 Å². The van der Waals surface area contributed by atoms with E-state index < -0.39 is 0 Å². The number of pyridine rings is 1. The van der Waals surface area contributed by atoms with E-state index in [0.29, 0.717) is 23.3 Å². The summed E-state index contributed by atoms with van der Waals surface area (Å²) in [6.07, 6.45) is 4.29. The molecule has 0 bridgehead atoms. The second-order valence-corrected chi connectivity index (χ2v) is 6.33. The zero-order valence-corrected chi connectivity index (χ0v) is 16.2. The molecule has 0 aliphatic heterocycles. The maximum absolute atomic E-state index is 5.68. The summed E-state index contributed by atoms with van der Waals surface area (Å²) in [4.78, 5) is 17.4. The topological polar surface area (TPSA) is 98.8 Å². The van der Waals surface area contributed by atoms with Crippen molar-refractivity contribution in [1.29, 1.82) is 0 Å². The Bertz CT molecular complexity index is 1080. The normalized spacial score (nSPS) is 10.7. The van der Waals surface area contributed by atoms with Crippen molar-refractivity contribution in [3.8, 4) is 17.1 Å². The number of rotatable bonds is 7. The molecule has 1 N–H and O–H groups in total. The molecule has 3 aromatic heterocycles. The largest absolute Gasteiger partial charge is 0.485 e. The van der Waals surface area contributed by atoms with Gasteiger partial charge in [0.2, 0.25) is 11.7 Å². The molecule has 4 aromatic rings. The van der Waals surface area contributed by atoms with Crippen molar-refractivity contribution >= 4 is 11.5 Å². The molecule has 146 valence electrons. The quantitative estimate of drug-likeness (QED) is 0.505. The Morgan fingerprint density at radius 3 is 2.48 bits per heavy atom. The van der Waals surface area contributed by atoms with E-state index in [1.54, 1.807) is 19.3 Å². The third kappa shape index (κ3) is 4.73. The van der Waals surface area contributed by atoms with Crippen LogP contribution in [-0.4, -0.2) is 25.1 Å². The first kappa shape index (κ1) is 18.5. The fourth-order valence-corrected chi connectivity index (χ4v) is 2.70. The van der Waals surface area contributed by atoms with Crippen LogP contribution in [0.5, 0.6) is 5.75 Å². The van der Waals surface area contributed by atoms with Crippen molar-refractivity contribution in [1.82, 2.24) is 25.1 Å². The fraction of sp³-hybridized carbons (Fsp3) is 0.190. The molecule has 29 heavy (non-hydrogen) atoms. The second kappa shape index (κ2) is 8.47. The van der Waals surface area contributed by atoms with Gasteiger partial charge in [-0.15, -0.1) is 0 Å². The average molecular weight is 388 g/mol. The smallest absolute Gasteiger partial charge is 0.223 e. The molecule has 8 heteroatoms.